The largest absolute Gasteiger partial charge is 0.508 e. The van der Waals surface area contributed by atoms with E-state index in [0.717, 1.165) is 60.7 Å². The number of phenolic OH excluding ortho intramolecular Hbond substituents is 1. The Morgan fingerprint density at radius 2 is 2.07 bits per heavy atom. The van der Waals surface area contributed by atoms with Crippen LogP contribution in [0.1, 0.15) is 35.6 Å². The van der Waals surface area contributed by atoms with Gasteiger partial charge in [0.25, 0.3) is 0 Å². The molecule has 0 saturated carbocycles. The molecule has 1 aromatic carbocycles. The Labute approximate surface area is 159 Å². The van der Waals surface area contributed by atoms with Gasteiger partial charge in [0, 0.05) is 13.1 Å². The highest BCUT2D eigenvalue weighted by molar-refractivity contribution is 5.96. The first kappa shape index (κ1) is 17.8. The third-order valence-electron chi connectivity index (χ3n) is 5.46. The number of rotatable bonds is 3. The van der Waals surface area contributed by atoms with Crippen molar-refractivity contribution in [2.75, 3.05) is 36.5 Å². The Morgan fingerprint density at radius 3 is 2.85 bits per heavy atom. The Balaban J connectivity index is 1.51. The second-order valence-electron chi connectivity index (χ2n) is 7.18. The molecule has 1 amide bonds. The molecule has 6 heteroatoms. The van der Waals surface area contributed by atoms with Crippen molar-refractivity contribution in [3.05, 3.63) is 47.2 Å². The van der Waals surface area contributed by atoms with Gasteiger partial charge in [0.05, 0.1) is 30.5 Å². The van der Waals surface area contributed by atoms with E-state index in [1.807, 2.05) is 31.2 Å². The third-order valence-corrected chi connectivity index (χ3v) is 5.46. The Hall–Kier alpha value is -2.60. The van der Waals surface area contributed by atoms with Crippen LogP contribution >= 0.6 is 0 Å². The van der Waals surface area contributed by atoms with Crippen LogP contribution in [0.4, 0.5) is 11.5 Å². The number of fused-ring (bicyclic) bond motifs is 1. The highest BCUT2D eigenvalue weighted by Gasteiger charge is 2.28. The van der Waals surface area contributed by atoms with E-state index in [1.165, 1.54) is 0 Å². The molecule has 1 aliphatic carbocycles. The molecule has 0 bridgehead atoms. The summed E-state index contributed by atoms with van der Waals surface area (Å²) in [5.74, 6) is 0.934. The number of hydrogen-bond donors (Lipinski definition) is 2. The number of aromatic nitrogens is 1. The fourth-order valence-electron chi connectivity index (χ4n) is 3.97. The van der Waals surface area contributed by atoms with Crippen LogP contribution in [-0.4, -0.2) is 42.3 Å². The molecule has 1 aliphatic heterocycles. The molecule has 2 aliphatic rings. The van der Waals surface area contributed by atoms with Crippen LogP contribution in [0.25, 0.3) is 0 Å². The lowest BCUT2D eigenvalue weighted by Gasteiger charge is -2.28. The molecule has 0 spiro atoms. The van der Waals surface area contributed by atoms with Crippen molar-refractivity contribution in [2.24, 2.45) is 0 Å². The van der Waals surface area contributed by atoms with Gasteiger partial charge in [-0.2, -0.15) is 0 Å². The van der Waals surface area contributed by atoms with Gasteiger partial charge in [-0.3, -0.25) is 4.79 Å². The summed E-state index contributed by atoms with van der Waals surface area (Å²) in [5, 5.41) is 13.1. The number of anilines is 2. The van der Waals surface area contributed by atoms with Gasteiger partial charge in [0.2, 0.25) is 5.91 Å². The summed E-state index contributed by atoms with van der Waals surface area (Å²) in [5.41, 5.74) is 3.39. The molecule has 2 heterocycles. The molecule has 2 aromatic rings. The van der Waals surface area contributed by atoms with E-state index in [9.17, 15) is 9.90 Å². The van der Waals surface area contributed by atoms with E-state index in [-0.39, 0.29) is 17.6 Å². The summed E-state index contributed by atoms with van der Waals surface area (Å²) in [4.78, 5) is 19.8. The molecule has 4 rings (SSSR count). The van der Waals surface area contributed by atoms with Crippen molar-refractivity contribution >= 4 is 17.4 Å². The molecule has 1 aromatic heterocycles. The van der Waals surface area contributed by atoms with Gasteiger partial charge in [-0.05, 0) is 55.5 Å². The molecule has 142 valence electrons. The zero-order chi connectivity index (χ0) is 18.8. The van der Waals surface area contributed by atoms with Crippen molar-refractivity contribution in [1.29, 1.82) is 0 Å². The van der Waals surface area contributed by atoms with Crippen molar-refractivity contribution in [3.8, 4) is 5.75 Å². The van der Waals surface area contributed by atoms with Crippen LogP contribution in [0, 0.1) is 6.92 Å². The molecular weight excluding hydrogens is 342 g/mol. The number of phenols is 1. The van der Waals surface area contributed by atoms with Crippen LogP contribution in [0.3, 0.4) is 0 Å². The van der Waals surface area contributed by atoms with E-state index >= 15 is 0 Å². The number of morpholine rings is 1. The zero-order valence-corrected chi connectivity index (χ0v) is 15.6. The van der Waals surface area contributed by atoms with E-state index in [0.29, 0.717) is 13.2 Å². The predicted molar refractivity (Wildman–Crippen MR) is 104 cm³/mol. The number of nitrogens with one attached hydrogen (secondary N) is 1. The van der Waals surface area contributed by atoms with Gasteiger partial charge >= 0.3 is 0 Å². The molecule has 1 unspecified atom stereocenters. The van der Waals surface area contributed by atoms with Crippen LogP contribution in [0.2, 0.25) is 0 Å². The van der Waals surface area contributed by atoms with Crippen LogP contribution in [-0.2, 0) is 16.0 Å². The maximum Gasteiger partial charge on any atom is 0.231 e. The first-order chi connectivity index (χ1) is 13.1. The van der Waals surface area contributed by atoms with E-state index in [1.54, 1.807) is 6.07 Å². The summed E-state index contributed by atoms with van der Waals surface area (Å²) in [6, 6.07) is 9.33. The number of aromatic hydroxyl groups is 1. The Bertz CT molecular complexity index is 847. The molecule has 6 nitrogen and oxygen atoms in total. The molecule has 27 heavy (non-hydrogen) atoms. The van der Waals surface area contributed by atoms with Crippen LogP contribution < -0.4 is 10.2 Å². The number of carbonyl (C=O) groups is 1. The maximum atomic E-state index is 12.9. The van der Waals surface area contributed by atoms with Crippen LogP contribution in [0.15, 0.2) is 30.3 Å². The van der Waals surface area contributed by atoms with E-state index in [2.05, 4.69) is 15.2 Å². The number of aryl methyl sites for hydroxylation is 1. The van der Waals surface area contributed by atoms with Crippen molar-refractivity contribution in [3.63, 3.8) is 0 Å². The first-order valence-corrected chi connectivity index (χ1v) is 9.55. The number of pyridine rings is 1. The second-order valence-corrected chi connectivity index (χ2v) is 7.18. The molecule has 1 atom stereocenters. The zero-order valence-electron chi connectivity index (χ0n) is 15.6. The van der Waals surface area contributed by atoms with E-state index < -0.39 is 0 Å². The average Bonchev–Trinajstić information content (AvgIpc) is 2.70. The monoisotopic (exact) mass is 367 g/mol. The molecular formula is C21H25N3O3. The number of amides is 1. The summed E-state index contributed by atoms with van der Waals surface area (Å²) in [7, 11) is 0. The topological polar surface area (TPSA) is 74.7 Å². The number of hydrogen-bond acceptors (Lipinski definition) is 5. The van der Waals surface area contributed by atoms with Gasteiger partial charge in [0.1, 0.15) is 11.6 Å². The lowest BCUT2D eigenvalue weighted by Crippen LogP contribution is -2.36. The van der Waals surface area contributed by atoms with Crippen molar-refractivity contribution in [1.82, 2.24) is 4.98 Å². The summed E-state index contributed by atoms with van der Waals surface area (Å²) < 4.78 is 5.39. The highest BCUT2D eigenvalue weighted by Crippen LogP contribution is 2.37. The number of carbonyl (C=O) groups excluding carboxylic acids is 1. The average molecular weight is 367 g/mol. The van der Waals surface area contributed by atoms with Crippen molar-refractivity contribution < 1.29 is 14.6 Å². The fraction of sp³-hybridized carbons (Fsp3) is 0.429. The van der Waals surface area contributed by atoms with Gasteiger partial charge in [-0.1, -0.05) is 12.1 Å². The summed E-state index contributed by atoms with van der Waals surface area (Å²) >= 11 is 0. The number of benzene rings is 1. The van der Waals surface area contributed by atoms with Crippen molar-refractivity contribution in [2.45, 2.75) is 32.1 Å². The lowest BCUT2D eigenvalue weighted by molar-refractivity contribution is -0.117. The van der Waals surface area contributed by atoms with Gasteiger partial charge in [-0.15, -0.1) is 0 Å². The predicted octanol–water partition coefficient (Wildman–Crippen LogP) is 2.99. The summed E-state index contributed by atoms with van der Waals surface area (Å²) in [6.07, 6.45) is 2.51. The second kappa shape index (κ2) is 7.56. The van der Waals surface area contributed by atoms with Gasteiger partial charge < -0.3 is 20.1 Å². The minimum atomic E-state index is -0.237. The standard InChI is InChI=1S/C21H25N3O3/c1-14-18(8-9-20(22-14)24-10-12-27-13-11-24)23-21(26)17-6-2-5-16-15(17)4-3-7-19(16)25/h3-4,7-9,17,25H,2,5-6,10-13H2,1H3,(H,23,26). The molecule has 1 fully saturated rings. The van der Waals surface area contributed by atoms with Gasteiger partial charge in [0.15, 0.2) is 0 Å². The SMILES string of the molecule is Cc1nc(N2CCOCC2)ccc1NC(=O)C1CCCc2c(O)cccc21. The van der Waals surface area contributed by atoms with Crippen LogP contribution in [0.5, 0.6) is 5.75 Å². The normalized spacial score (nSPS) is 19.4. The molecule has 2 N–H and O–H groups in total. The highest BCUT2D eigenvalue weighted by atomic mass is 16.5. The fourth-order valence-corrected chi connectivity index (χ4v) is 3.97. The molecule has 1 saturated heterocycles. The molecule has 0 radical (unpaired) electrons. The quantitative estimate of drug-likeness (QED) is 0.872. The number of nitrogens with zero attached hydrogens (tertiary/aromatic N) is 2. The third kappa shape index (κ3) is 3.62. The van der Waals surface area contributed by atoms with Gasteiger partial charge in [-0.25, -0.2) is 4.98 Å². The minimum absolute atomic E-state index is 0.0365. The smallest absolute Gasteiger partial charge is 0.231 e. The minimum Gasteiger partial charge on any atom is -0.508 e. The Morgan fingerprint density at radius 1 is 1.26 bits per heavy atom. The maximum absolute atomic E-state index is 12.9. The lowest BCUT2D eigenvalue weighted by atomic mass is 9.82. The first-order valence-electron chi connectivity index (χ1n) is 9.55. The number of ether oxygens (including phenoxy) is 1. The Kier molecular flexibility index (Phi) is 4.99. The summed E-state index contributed by atoms with van der Waals surface area (Å²) in [6.45, 7) is 5.02. The van der Waals surface area contributed by atoms with E-state index in [4.69, 9.17) is 4.74 Å².